The fourth-order valence-electron chi connectivity index (χ4n) is 9.81. The van der Waals surface area contributed by atoms with Gasteiger partial charge >= 0.3 is 12.1 Å². The van der Waals surface area contributed by atoms with Crippen molar-refractivity contribution in [2.75, 3.05) is 72.4 Å². The summed E-state index contributed by atoms with van der Waals surface area (Å²) in [6, 6.07) is 0. The zero-order valence-electron chi connectivity index (χ0n) is 55.9. The quantitative estimate of drug-likeness (QED) is 0.0313. The minimum atomic E-state index is -1.20. The van der Waals surface area contributed by atoms with Crippen LogP contribution in [-0.2, 0) is 47.7 Å². The molecule has 0 aromatic heterocycles. The number of amides is 5. The number of hydrogen-bond acceptors (Lipinski definition) is 11. The highest BCUT2D eigenvalue weighted by Gasteiger charge is 2.32. The lowest BCUT2D eigenvalue weighted by Gasteiger charge is -2.35. The van der Waals surface area contributed by atoms with Crippen molar-refractivity contribution in [3.8, 4) is 0 Å². The van der Waals surface area contributed by atoms with E-state index in [2.05, 4.69) is 40.4 Å². The van der Waals surface area contributed by atoms with E-state index in [9.17, 15) is 28.8 Å². The van der Waals surface area contributed by atoms with E-state index in [0.29, 0.717) is 71.6 Å². The first kappa shape index (κ1) is 81.5. The standard InChI is InChI=1S/C68H131N5O12/c1-9-12-14-16-18-20-22-24-26-28-30-32-34-36-38-43-50-81-56-59(82-51-44-39-37-35-33-31-29-27-25-23-21-19-17-15-13-10-2)57-83-65(80)70-48-42-40-41-45-60(74)69-49-46-67(6,7)85-58-68(8,11-3)84-52-47-66(4,5)64(79)73-54-62(76)71-53-61(75)72-55-63(77)78/h59H,9-58H2,1-8H3,(H,69,74)(H,70,80)(H,71,76)(H,72,75)(H,73,79)(H,77,78)/t59-,68?/m1/s1. The van der Waals surface area contributed by atoms with Gasteiger partial charge in [0, 0.05) is 44.7 Å². The van der Waals surface area contributed by atoms with Crippen molar-refractivity contribution in [3.63, 3.8) is 0 Å². The van der Waals surface area contributed by atoms with Gasteiger partial charge in [-0.3, -0.25) is 24.0 Å². The first-order valence-electron chi connectivity index (χ1n) is 34.6. The van der Waals surface area contributed by atoms with Crippen LogP contribution < -0.4 is 26.6 Å². The van der Waals surface area contributed by atoms with Crippen molar-refractivity contribution in [3.05, 3.63) is 0 Å². The largest absolute Gasteiger partial charge is 0.480 e. The fraction of sp³-hybridized carbons (Fsp3) is 0.912. The molecule has 0 saturated carbocycles. The zero-order chi connectivity index (χ0) is 63.0. The molecule has 0 aliphatic carbocycles. The molecular weight excluding hydrogens is 1080 g/mol. The molecule has 0 saturated heterocycles. The Kier molecular flexibility index (Phi) is 53.4. The minimum absolute atomic E-state index is 0.0276. The van der Waals surface area contributed by atoms with Crippen LogP contribution in [0, 0.1) is 5.41 Å². The molecule has 0 aromatic rings. The van der Waals surface area contributed by atoms with E-state index in [0.717, 1.165) is 32.1 Å². The van der Waals surface area contributed by atoms with Gasteiger partial charge in [-0.25, -0.2) is 4.79 Å². The van der Waals surface area contributed by atoms with Crippen molar-refractivity contribution < 1.29 is 57.6 Å². The summed E-state index contributed by atoms with van der Waals surface area (Å²) in [6.45, 7) is 18.1. The maximum absolute atomic E-state index is 12.9. The third-order valence-electron chi connectivity index (χ3n) is 16.2. The van der Waals surface area contributed by atoms with Crippen molar-refractivity contribution in [1.29, 1.82) is 0 Å². The van der Waals surface area contributed by atoms with Gasteiger partial charge in [0.05, 0.1) is 37.5 Å². The van der Waals surface area contributed by atoms with Crippen molar-refractivity contribution in [1.82, 2.24) is 26.6 Å². The fourth-order valence-corrected chi connectivity index (χ4v) is 9.81. The average molecular weight is 1210 g/mol. The maximum atomic E-state index is 12.9. The maximum Gasteiger partial charge on any atom is 0.407 e. The van der Waals surface area contributed by atoms with E-state index in [1.165, 1.54) is 186 Å². The smallest absolute Gasteiger partial charge is 0.407 e. The summed E-state index contributed by atoms with van der Waals surface area (Å²) in [4.78, 5) is 72.7. The number of aliphatic carboxylic acids is 1. The van der Waals surface area contributed by atoms with E-state index in [1.54, 1.807) is 13.8 Å². The normalized spacial score (nSPS) is 12.8. The van der Waals surface area contributed by atoms with Crippen molar-refractivity contribution >= 4 is 35.7 Å². The second kappa shape index (κ2) is 55.7. The summed E-state index contributed by atoms with van der Waals surface area (Å²) in [5.74, 6) is -2.82. The number of carboxylic acid groups (broad SMARTS) is 1. The molecule has 0 aliphatic rings. The number of unbranched alkanes of at least 4 members (excludes halogenated alkanes) is 32. The summed E-state index contributed by atoms with van der Waals surface area (Å²) in [6.07, 6.45) is 46.1. The predicted molar refractivity (Wildman–Crippen MR) is 345 cm³/mol. The summed E-state index contributed by atoms with van der Waals surface area (Å²) >= 11 is 0. The average Bonchev–Trinajstić information content (AvgIpc) is 3.67. The number of carbonyl (C=O) groups is 6. The van der Waals surface area contributed by atoms with Crippen LogP contribution >= 0.6 is 0 Å². The lowest BCUT2D eigenvalue weighted by atomic mass is 9.88. The van der Waals surface area contributed by atoms with Gasteiger partial charge in [-0.15, -0.1) is 0 Å². The molecule has 0 bridgehead atoms. The summed E-state index contributed by atoms with van der Waals surface area (Å²) in [5.41, 5.74) is -2.02. The molecule has 0 rings (SSSR count). The third kappa shape index (κ3) is 54.4. The highest BCUT2D eigenvalue weighted by molar-refractivity contribution is 5.90. The van der Waals surface area contributed by atoms with Crippen molar-refractivity contribution in [2.24, 2.45) is 5.41 Å². The second-order valence-electron chi connectivity index (χ2n) is 25.6. The number of carbonyl (C=O) groups excluding carboxylic acids is 5. The minimum Gasteiger partial charge on any atom is -0.480 e. The molecule has 0 heterocycles. The molecule has 17 nitrogen and oxygen atoms in total. The number of rotatable bonds is 63. The highest BCUT2D eigenvalue weighted by atomic mass is 16.6. The van der Waals surface area contributed by atoms with E-state index >= 15 is 0 Å². The molecular formula is C68H131N5O12. The van der Waals surface area contributed by atoms with Crippen molar-refractivity contribution in [2.45, 2.75) is 323 Å². The van der Waals surface area contributed by atoms with Crippen LogP contribution in [0.3, 0.4) is 0 Å². The van der Waals surface area contributed by atoms with Gasteiger partial charge in [0.15, 0.2) is 0 Å². The Hall–Kier alpha value is -3.54. The number of hydrogen-bond donors (Lipinski definition) is 6. The molecule has 85 heavy (non-hydrogen) atoms. The van der Waals surface area contributed by atoms with Crippen LogP contribution in [0.15, 0.2) is 0 Å². The summed E-state index contributed by atoms with van der Waals surface area (Å²) < 4.78 is 30.5. The second-order valence-corrected chi connectivity index (χ2v) is 25.6. The van der Waals surface area contributed by atoms with E-state index in [-0.39, 0.29) is 37.7 Å². The van der Waals surface area contributed by atoms with Crippen LogP contribution in [-0.4, -0.2) is 130 Å². The number of carboxylic acids is 1. The zero-order valence-corrected chi connectivity index (χ0v) is 55.9. The molecule has 0 radical (unpaired) electrons. The Balaban J connectivity index is 4.52. The van der Waals surface area contributed by atoms with Gasteiger partial charge in [0.1, 0.15) is 19.3 Å². The summed E-state index contributed by atoms with van der Waals surface area (Å²) in [5, 5.41) is 21.6. The first-order valence-corrected chi connectivity index (χ1v) is 34.6. The van der Waals surface area contributed by atoms with Crippen LogP contribution in [0.4, 0.5) is 4.79 Å². The van der Waals surface area contributed by atoms with E-state index in [4.69, 9.17) is 28.8 Å². The van der Waals surface area contributed by atoms with Gasteiger partial charge in [-0.1, -0.05) is 234 Å². The highest BCUT2D eigenvalue weighted by Crippen LogP contribution is 2.26. The SMILES string of the molecule is CCCCCCCCCCCCCCCCCCOC[C@H](COC(=O)NCCCCCC(=O)NCCC(C)(C)OCC(C)(CC)OCCC(C)(C)C(=O)NCC(=O)NCC(=O)NCC(=O)O)OCCCCCCCCCCCCCCCCCC. The lowest BCUT2D eigenvalue weighted by Crippen LogP contribution is -2.46. The van der Waals surface area contributed by atoms with Gasteiger partial charge in [0.25, 0.3) is 0 Å². The Labute approximate surface area is 518 Å². The number of alkyl carbamates (subject to hydrolysis) is 1. The third-order valence-corrected chi connectivity index (χ3v) is 16.2. The van der Waals surface area contributed by atoms with Gasteiger partial charge in [-0.2, -0.15) is 0 Å². The van der Waals surface area contributed by atoms with Gasteiger partial charge < -0.3 is 55.4 Å². The Morgan fingerprint density at radius 2 is 0.871 bits per heavy atom. The van der Waals surface area contributed by atoms with Crippen LogP contribution in [0.2, 0.25) is 0 Å². The molecule has 1 unspecified atom stereocenters. The topological polar surface area (TPSA) is 229 Å². The first-order chi connectivity index (χ1) is 40.9. The summed E-state index contributed by atoms with van der Waals surface area (Å²) in [7, 11) is 0. The molecule has 0 spiro atoms. The van der Waals surface area contributed by atoms with Gasteiger partial charge in [0.2, 0.25) is 23.6 Å². The number of ether oxygens (including phenoxy) is 5. The Bertz CT molecular complexity index is 1650. The van der Waals surface area contributed by atoms with Gasteiger partial charge in [-0.05, 0) is 65.7 Å². The Morgan fingerprint density at radius 3 is 1.35 bits per heavy atom. The molecule has 0 aromatic carbocycles. The van der Waals surface area contributed by atoms with E-state index < -0.39 is 53.6 Å². The van der Waals surface area contributed by atoms with Crippen LogP contribution in [0.25, 0.3) is 0 Å². The monoisotopic (exact) mass is 1210 g/mol. The van der Waals surface area contributed by atoms with Crippen LogP contribution in [0.1, 0.15) is 306 Å². The molecule has 6 N–H and O–H groups in total. The predicted octanol–water partition coefficient (Wildman–Crippen LogP) is 14.5. The molecule has 17 heteroatoms. The number of nitrogens with one attached hydrogen (secondary N) is 5. The molecule has 5 amide bonds. The van der Waals surface area contributed by atoms with Crippen LogP contribution in [0.5, 0.6) is 0 Å². The van der Waals surface area contributed by atoms with E-state index in [1.807, 2.05) is 27.7 Å². The Morgan fingerprint density at radius 1 is 0.424 bits per heavy atom. The molecule has 500 valence electrons. The molecule has 0 fully saturated rings. The molecule has 2 atom stereocenters. The molecule has 0 aliphatic heterocycles. The lowest BCUT2D eigenvalue weighted by molar-refractivity contribution is -0.142.